The van der Waals surface area contributed by atoms with Crippen molar-refractivity contribution in [2.24, 2.45) is 7.05 Å². The number of aromatic nitrogens is 4. The molecule has 0 spiro atoms. The summed E-state index contributed by atoms with van der Waals surface area (Å²) in [6.45, 7) is 0. The highest BCUT2D eigenvalue weighted by molar-refractivity contribution is 6.01. The van der Waals surface area contributed by atoms with E-state index in [2.05, 4.69) is 20.6 Å². The molecule has 0 aliphatic heterocycles. The number of hydrogen-bond donors (Lipinski definition) is 1. The molecule has 0 fully saturated rings. The zero-order valence-electron chi connectivity index (χ0n) is 10.9. The molecule has 3 aromatic rings. The molecular weight excluding hydrogens is 277 g/mol. The quantitative estimate of drug-likeness (QED) is 0.794. The second kappa shape index (κ2) is 5.16. The van der Waals surface area contributed by atoms with Crippen LogP contribution in [0.4, 0.5) is 10.4 Å². The van der Waals surface area contributed by atoms with Crippen molar-refractivity contribution >= 4 is 11.9 Å². The molecule has 21 heavy (non-hydrogen) atoms. The van der Waals surface area contributed by atoms with Crippen molar-refractivity contribution in [3.8, 4) is 11.5 Å². The second-order valence-corrected chi connectivity index (χ2v) is 4.22. The molecule has 0 aliphatic carbocycles. The standard InChI is InChI=1S/C13H10FN5O2/c1-19-10(5-6-15-19)11(20)16-13-18-17-12(21-13)8-3-2-4-9(14)7-8/h2-7H,1H3,(H,16,18,20). The molecule has 1 amide bonds. The van der Waals surface area contributed by atoms with Gasteiger partial charge in [-0.15, -0.1) is 5.10 Å². The predicted molar refractivity (Wildman–Crippen MR) is 70.9 cm³/mol. The van der Waals surface area contributed by atoms with Crippen LogP contribution in [0.3, 0.4) is 0 Å². The summed E-state index contributed by atoms with van der Waals surface area (Å²) in [5.41, 5.74) is 0.782. The lowest BCUT2D eigenvalue weighted by Crippen LogP contribution is -2.16. The average Bonchev–Trinajstić information content (AvgIpc) is 3.08. The molecule has 0 bridgehead atoms. The summed E-state index contributed by atoms with van der Waals surface area (Å²) in [5.74, 6) is -0.717. The van der Waals surface area contributed by atoms with Crippen molar-refractivity contribution in [2.45, 2.75) is 0 Å². The highest BCUT2D eigenvalue weighted by Crippen LogP contribution is 2.20. The van der Waals surface area contributed by atoms with E-state index in [1.54, 1.807) is 19.2 Å². The van der Waals surface area contributed by atoms with Gasteiger partial charge in [0, 0.05) is 18.8 Å². The molecule has 1 N–H and O–H groups in total. The number of halogens is 1. The van der Waals surface area contributed by atoms with Crippen LogP contribution in [-0.4, -0.2) is 25.9 Å². The SMILES string of the molecule is Cn1nccc1C(=O)Nc1nnc(-c2cccc(F)c2)o1. The molecule has 2 heterocycles. The molecule has 1 aromatic carbocycles. The summed E-state index contributed by atoms with van der Waals surface area (Å²) in [4.78, 5) is 11.9. The van der Waals surface area contributed by atoms with Crippen molar-refractivity contribution in [3.63, 3.8) is 0 Å². The van der Waals surface area contributed by atoms with Gasteiger partial charge < -0.3 is 4.42 Å². The van der Waals surface area contributed by atoms with Gasteiger partial charge in [0.1, 0.15) is 11.5 Å². The third-order valence-electron chi connectivity index (χ3n) is 2.77. The summed E-state index contributed by atoms with van der Waals surface area (Å²) < 4.78 is 19.8. The zero-order valence-corrected chi connectivity index (χ0v) is 10.9. The molecule has 106 valence electrons. The minimum atomic E-state index is -0.426. The van der Waals surface area contributed by atoms with Gasteiger partial charge in [0.15, 0.2) is 0 Å². The summed E-state index contributed by atoms with van der Waals surface area (Å²) in [5, 5.41) is 13.8. The minimum Gasteiger partial charge on any atom is -0.403 e. The molecule has 0 saturated heterocycles. The van der Waals surface area contributed by atoms with E-state index in [0.717, 1.165) is 0 Å². The molecule has 0 saturated carbocycles. The van der Waals surface area contributed by atoms with E-state index in [1.807, 2.05) is 0 Å². The summed E-state index contributed by atoms with van der Waals surface area (Å²) >= 11 is 0. The van der Waals surface area contributed by atoms with Gasteiger partial charge >= 0.3 is 6.01 Å². The maximum atomic E-state index is 13.1. The van der Waals surface area contributed by atoms with Crippen LogP contribution >= 0.6 is 0 Å². The summed E-state index contributed by atoms with van der Waals surface area (Å²) in [7, 11) is 1.64. The van der Waals surface area contributed by atoms with Crippen LogP contribution in [0.1, 0.15) is 10.5 Å². The Morgan fingerprint density at radius 1 is 1.33 bits per heavy atom. The van der Waals surface area contributed by atoms with Gasteiger partial charge in [0.2, 0.25) is 5.89 Å². The first-order valence-corrected chi connectivity index (χ1v) is 6.02. The summed E-state index contributed by atoms with van der Waals surface area (Å²) in [6.07, 6.45) is 1.50. The number of carbonyl (C=O) groups is 1. The fraction of sp³-hybridized carbons (Fsp3) is 0.0769. The molecule has 2 aromatic heterocycles. The first kappa shape index (κ1) is 13.0. The van der Waals surface area contributed by atoms with E-state index in [0.29, 0.717) is 11.3 Å². The van der Waals surface area contributed by atoms with Crippen LogP contribution in [0.25, 0.3) is 11.5 Å². The van der Waals surface area contributed by atoms with Gasteiger partial charge in [-0.2, -0.15) is 5.10 Å². The van der Waals surface area contributed by atoms with Crippen LogP contribution in [0.15, 0.2) is 40.9 Å². The van der Waals surface area contributed by atoms with E-state index < -0.39 is 11.7 Å². The monoisotopic (exact) mass is 287 g/mol. The molecule has 0 unspecified atom stereocenters. The fourth-order valence-corrected chi connectivity index (χ4v) is 1.77. The van der Waals surface area contributed by atoms with Crippen molar-refractivity contribution in [1.29, 1.82) is 0 Å². The minimum absolute atomic E-state index is 0.0690. The van der Waals surface area contributed by atoms with Crippen molar-refractivity contribution in [1.82, 2.24) is 20.0 Å². The molecule has 3 rings (SSSR count). The van der Waals surface area contributed by atoms with E-state index in [9.17, 15) is 9.18 Å². The Balaban J connectivity index is 1.80. The first-order valence-electron chi connectivity index (χ1n) is 6.02. The maximum Gasteiger partial charge on any atom is 0.322 e. The van der Waals surface area contributed by atoms with Crippen LogP contribution in [0.5, 0.6) is 0 Å². The van der Waals surface area contributed by atoms with Gasteiger partial charge in [-0.25, -0.2) is 4.39 Å². The molecular formula is C13H10FN5O2. The Bertz CT molecular complexity index is 795. The fourth-order valence-electron chi connectivity index (χ4n) is 1.77. The Hall–Kier alpha value is -3.03. The van der Waals surface area contributed by atoms with Crippen LogP contribution in [-0.2, 0) is 7.05 Å². The van der Waals surface area contributed by atoms with Crippen LogP contribution in [0.2, 0.25) is 0 Å². The highest BCUT2D eigenvalue weighted by atomic mass is 19.1. The maximum absolute atomic E-state index is 13.1. The number of carbonyl (C=O) groups excluding carboxylic acids is 1. The molecule has 0 aliphatic rings. The zero-order chi connectivity index (χ0) is 14.8. The molecule has 8 heteroatoms. The smallest absolute Gasteiger partial charge is 0.322 e. The Labute approximate surface area is 118 Å². The summed E-state index contributed by atoms with van der Waals surface area (Å²) in [6, 6.07) is 7.22. The first-order chi connectivity index (χ1) is 10.1. The van der Waals surface area contributed by atoms with Crippen molar-refractivity contribution < 1.29 is 13.6 Å². The number of anilines is 1. The third-order valence-corrected chi connectivity index (χ3v) is 2.77. The van der Waals surface area contributed by atoms with Gasteiger partial charge in [-0.05, 0) is 24.3 Å². The lowest BCUT2D eigenvalue weighted by molar-refractivity contribution is 0.101. The van der Waals surface area contributed by atoms with E-state index in [-0.39, 0.29) is 11.9 Å². The molecule has 7 nitrogen and oxygen atoms in total. The number of benzene rings is 1. The molecule has 0 radical (unpaired) electrons. The van der Waals surface area contributed by atoms with E-state index in [4.69, 9.17) is 4.42 Å². The van der Waals surface area contributed by atoms with Crippen molar-refractivity contribution in [3.05, 3.63) is 48.0 Å². The van der Waals surface area contributed by atoms with Gasteiger partial charge in [0.05, 0.1) is 0 Å². The second-order valence-electron chi connectivity index (χ2n) is 4.22. The lowest BCUT2D eigenvalue weighted by atomic mass is 10.2. The predicted octanol–water partition coefficient (Wildman–Crippen LogP) is 1.86. The number of rotatable bonds is 3. The molecule has 0 atom stereocenters. The highest BCUT2D eigenvalue weighted by Gasteiger charge is 2.15. The normalized spacial score (nSPS) is 10.6. The Morgan fingerprint density at radius 2 is 2.19 bits per heavy atom. The topological polar surface area (TPSA) is 85.8 Å². The van der Waals surface area contributed by atoms with Gasteiger partial charge in [-0.3, -0.25) is 14.8 Å². The van der Waals surface area contributed by atoms with E-state index >= 15 is 0 Å². The van der Waals surface area contributed by atoms with Crippen LogP contribution in [0, 0.1) is 5.82 Å². The lowest BCUT2D eigenvalue weighted by Gasteiger charge is -2.00. The van der Waals surface area contributed by atoms with Crippen LogP contribution < -0.4 is 5.32 Å². The van der Waals surface area contributed by atoms with E-state index in [1.165, 1.54) is 29.1 Å². The number of nitrogens with one attached hydrogen (secondary N) is 1. The number of aryl methyl sites for hydroxylation is 1. The van der Waals surface area contributed by atoms with Gasteiger partial charge in [-0.1, -0.05) is 11.2 Å². The van der Waals surface area contributed by atoms with Gasteiger partial charge in [0.25, 0.3) is 5.91 Å². The Kier molecular flexibility index (Phi) is 3.19. The Morgan fingerprint density at radius 3 is 2.90 bits per heavy atom. The van der Waals surface area contributed by atoms with Crippen molar-refractivity contribution in [2.75, 3.05) is 5.32 Å². The number of amides is 1. The number of hydrogen-bond acceptors (Lipinski definition) is 5. The average molecular weight is 287 g/mol. The third kappa shape index (κ3) is 2.64. The largest absolute Gasteiger partial charge is 0.403 e. The number of nitrogens with zero attached hydrogens (tertiary/aromatic N) is 4.